The van der Waals surface area contributed by atoms with Crippen LogP contribution in [0.2, 0.25) is 0 Å². The van der Waals surface area contributed by atoms with Gasteiger partial charge in [0.2, 0.25) is 5.91 Å². The highest BCUT2D eigenvalue weighted by atomic mass is 16.2. The Kier molecular flexibility index (Phi) is 4.78. The maximum atomic E-state index is 12.4. The Hall–Kier alpha value is -1.39. The minimum Gasteiger partial charge on any atom is -0.328 e. The van der Waals surface area contributed by atoms with Crippen LogP contribution in [0.1, 0.15) is 26.7 Å². The van der Waals surface area contributed by atoms with E-state index < -0.39 is 5.41 Å². The SMILES string of the molecule is CC(C)(CN1CCC(N)CC1)C(=O)Nc1ccccc1. The molecule has 0 bridgehead atoms. The topological polar surface area (TPSA) is 58.4 Å². The molecule has 0 aromatic heterocycles. The molecule has 3 N–H and O–H groups in total. The maximum Gasteiger partial charge on any atom is 0.231 e. The third-order valence-electron chi connectivity index (χ3n) is 3.90. The van der Waals surface area contributed by atoms with E-state index in [9.17, 15) is 4.79 Å². The van der Waals surface area contributed by atoms with Crippen molar-refractivity contribution >= 4 is 11.6 Å². The molecule has 0 unspecified atom stereocenters. The molecule has 1 heterocycles. The summed E-state index contributed by atoms with van der Waals surface area (Å²) in [5, 5.41) is 2.99. The minimum absolute atomic E-state index is 0.0681. The molecule has 20 heavy (non-hydrogen) atoms. The van der Waals surface area contributed by atoms with Crippen LogP contribution in [0.3, 0.4) is 0 Å². The quantitative estimate of drug-likeness (QED) is 0.884. The number of hydrogen-bond acceptors (Lipinski definition) is 3. The molecule has 1 aromatic carbocycles. The second-order valence-corrected chi connectivity index (χ2v) is 6.32. The Labute approximate surface area is 121 Å². The van der Waals surface area contributed by atoms with Crippen molar-refractivity contribution in [3.63, 3.8) is 0 Å². The molecule has 0 spiro atoms. The average molecular weight is 275 g/mol. The number of amides is 1. The molecular formula is C16H25N3O. The van der Waals surface area contributed by atoms with Gasteiger partial charge in [-0.2, -0.15) is 0 Å². The Morgan fingerprint density at radius 1 is 1.30 bits per heavy atom. The summed E-state index contributed by atoms with van der Waals surface area (Å²) < 4.78 is 0. The van der Waals surface area contributed by atoms with Crippen molar-refractivity contribution in [2.75, 3.05) is 25.0 Å². The van der Waals surface area contributed by atoms with E-state index >= 15 is 0 Å². The van der Waals surface area contributed by atoms with Gasteiger partial charge in [0, 0.05) is 18.3 Å². The predicted octanol–water partition coefficient (Wildman–Crippen LogP) is 2.07. The number of benzene rings is 1. The smallest absolute Gasteiger partial charge is 0.231 e. The number of piperidine rings is 1. The zero-order chi connectivity index (χ0) is 14.6. The van der Waals surface area contributed by atoms with Crippen molar-refractivity contribution in [1.29, 1.82) is 0 Å². The number of carbonyl (C=O) groups excluding carboxylic acids is 1. The van der Waals surface area contributed by atoms with Crippen LogP contribution in [0.15, 0.2) is 30.3 Å². The maximum absolute atomic E-state index is 12.4. The lowest BCUT2D eigenvalue weighted by Gasteiger charge is -2.35. The van der Waals surface area contributed by atoms with Gasteiger partial charge in [-0.15, -0.1) is 0 Å². The van der Waals surface area contributed by atoms with Gasteiger partial charge in [-0.1, -0.05) is 18.2 Å². The van der Waals surface area contributed by atoms with Gasteiger partial charge >= 0.3 is 0 Å². The van der Waals surface area contributed by atoms with Gasteiger partial charge in [0.15, 0.2) is 0 Å². The first-order valence-electron chi connectivity index (χ1n) is 7.32. The van der Waals surface area contributed by atoms with E-state index in [2.05, 4.69) is 10.2 Å². The fraction of sp³-hybridized carbons (Fsp3) is 0.562. The number of likely N-dealkylation sites (tertiary alicyclic amines) is 1. The van der Waals surface area contributed by atoms with Crippen LogP contribution in [-0.2, 0) is 4.79 Å². The summed E-state index contributed by atoms with van der Waals surface area (Å²) in [5.74, 6) is 0.0681. The molecule has 1 aromatic rings. The third-order valence-corrected chi connectivity index (χ3v) is 3.90. The van der Waals surface area contributed by atoms with Gasteiger partial charge in [0.25, 0.3) is 0 Å². The van der Waals surface area contributed by atoms with Crippen molar-refractivity contribution < 1.29 is 4.79 Å². The fourth-order valence-corrected chi connectivity index (χ4v) is 2.56. The summed E-state index contributed by atoms with van der Waals surface area (Å²) in [5.41, 5.74) is 6.36. The Morgan fingerprint density at radius 3 is 2.50 bits per heavy atom. The highest BCUT2D eigenvalue weighted by molar-refractivity contribution is 5.94. The van der Waals surface area contributed by atoms with Crippen molar-refractivity contribution in [2.45, 2.75) is 32.7 Å². The van der Waals surface area contributed by atoms with Crippen LogP contribution in [-0.4, -0.2) is 36.5 Å². The first-order valence-corrected chi connectivity index (χ1v) is 7.32. The molecule has 4 nitrogen and oxygen atoms in total. The molecule has 1 saturated heterocycles. The van der Waals surface area contributed by atoms with Crippen LogP contribution < -0.4 is 11.1 Å². The molecule has 0 radical (unpaired) electrons. The van der Waals surface area contributed by atoms with E-state index in [0.717, 1.165) is 38.2 Å². The number of nitrogens with one attached hydrogen (secondary N) is 1. The van der Waals surface area contributed by atoms with Crippen molar-refractivity contribution in [2.24, 2.45) is 11.1 Å². The number of hydrogen-bond donors (Lipinski definition) is 2. The Balaban J connectivity index is 1.90. The zero-order valence-corrected chi connectivity index (χ0v) is 12.4. The Morgan fingerprint density at radius 2 is 1.90 bits per heavy atom. The summed E-state index contributed by atoms with van der Waals surface area (Å²) in [4.78, 5) is 14.8. The van der Waals surface area contributed by atoms with Crippen LogP contribution in [0.5, 0.6) is 0 Å². The normalized spacial score (nSPS) is 17.9. The molecule has 1 fully saturated rings. The molecule has 0 atom stereocenters. The summed E-state index contributed by atoms with van der Waals surface area (Å²) in [6.07, 6.45) is 2.05. The molecule has 2 rings (SSSR count). The van der Waals surface area contributed by atoms with Crippen LogP contribution in [0.25, 0.3) is 0 Å². The number of nitrogens with two attached hydrogens (primary N) is 1. The van der Waals surface area contributed by atoms with Gasteiger partial charge in [0.05, 0.1) is 5.41 Å². The molecule has 1 amide bonds. The van der Waals surface area contributed by atoms with Gasteiger partial charge in [-0.05, 0) is 51.9 Å². The Bertz CT molecular complexity index is 436. The van der Waals surface area contributed by atoms with Gasteiger partial charge in [-0.3, -0.25) is 4.79 Å². The molecule has 0 saturated carbocycles. The van der Waals surface area contributed by atoms with Crippen molar-refractivity contribution in [1.82, 2.24) is 4.90 Å². The monoisotopic (exact) mass is 275 g/mol. The number of nitrogens with zero attached hydrogens (tertiary/aromatic N) is 1. The summed E-state index contributed by atoms with van der Waals surface area (Å²) in [6.45, 7) is 6.75. The second-order valence-electron chi connectivity index (χ2n) is 6.32. The van der Waals surface area contributed by atoms with Gasteiger partial charge in [-0.25, -0.2) is 0 Å². The standard InChI is InChI=1S/C16H25N3O/c1-16(2,12-19-10-8-13(17)9-11-19)15(20)18-14-6-4-3-5-7-14/h3-7,13H,8-12,17H2,1-2H3,(H,18,20). The molecule has 110 valence electrons. The summed E-state index contributed by atoms with van der Waals surface area (Å²) in [7, 11) is 0. The van der Waals surface area contributed by atoms with E-state index in [1.807, 2.05) is 44.2 Å². The molecule has 1 aliphatic rings. The highest BCUT2D eigenvalue weighted by Crippen LogP contribution is 2.22. The number of carbonyl (C=O) groups is 1. The lowest BCUT2D eigenvalue weighted by molar-refractivity contribution is -0.125. The van der Waals surface area contributed by atoms with E-state index in [4.69, 9.17) is 5.73 Å². The lowest BCUT2D eigenvalue weighted by atomic mass is 9.90. The van der Waals surface area contributed by atoms with Crippen LogP contribution in [0, 0.1) is 5.41 Å². The van der Waals surface area contributed by atoms with E-state index in [-0.39, 0.29) is 5.91 Å². The average Bonchev–Trinajstić information content (AvgIpc) is 2.42. The molecule has 1 aliphatic heterocycles. The number of anilines is 1. The van der Waals surface area contributed by atoms with Crippen LogP contribution in [0.4, 0.5) is 5.69 Å². The third kappa shape index (κ3) is 4.05. The molecule has 0 aliphatic carbocycles. The van der Waals surface area contributed by atoms with E-state index in [0.29, 0.717) is 6.04 Å². The van der Waals surface area contributed by atoms with Gasteiger partial charge < -0.3 is 16.0 Å². The molecule has 4 heteroatoms. The molecular weight excluding hydrogens is 250 g/mol. The van der Waals surface area contributed by atoms with E-state index in [1.54, 1.807) is 0 Å². The first kappa shape index (κ1) is 15.0. The number of para-hydroxylation sites is 1. The highest BCUT2D eigenvalue weighted by Gasteiger charge is 2.31. The fourth-order valence-electron chi connectivity index (χ4n) is 2.56. The predicted molar refractivity (Wildman–Crippen MR) is 82.5 cm³/mol. The largest absolute Gasteiger partial charge is 0.328 e. The van der Waals surface area contributed by atoms with Gasteiger partial charge in [0.1, 0.15) is 0 Å². The van der Waals surface area contributed by atoms with Crippen LogP contribution >= 0.6 is 0 Å². The zero-order valence-electron chi connectivity index (χ0n) is 12.4. The number of rotatable bonds is 4. The first-order chi connectivity index (χ1) is 9.47. The minimum atomic E-state index is -0.405. The lowest BCUT2D eigenvalue weighted by Crippen LogP contribution is -2.47. The summed E-state index contributed by atoms with van der Waals surface area (Å²) >= 11 is 0. The summed E-state index contributed by atoms with van der Waals surface area (Å²) in [6, 6.07) is 9.94. The van der Waals surface area contributed by atoms with Crippen molar-refractivity contribution in [3.05, 3.63) is 30.3 Å². The second kappa shape index (κ2) is 6.37. The van der Waals surface area contributed by atoms with E-state index in [1.165, 1.54) is 0 Å². The van der Waals surface area contributed by atoms with Crippen molar-refractivity contribution in [3.8, 4) is 0 Å².